The van der Waals surface area contributed by atoms with E-state index in [9.17, 15) is 17.6 Å². The number of benzene rings is 1. The molecule has 1 aromatic rings. The maximum Gasteiger partial charge on any atom is 0.258 e. The summed E-state index contributed by atoms with van der Waals surface area (Å²) in [6.07, 6.45) is 0. The summed E-state index contributed by atoms with van der Waals surface area (Å²) < 4.78 is 39.6. The molecule has 1 aromatic carbocycles. The lowest BCUT2D eigenvalue weighted by atomic mass is 10.1. The van der Waals surface area contributed by atoms with Gasteiger partial charge in [-0.15, -0.1) is 0 Å². The summed E-state index contributed by atoms with van der Waals surface area (Å²) >= 11 is 0. The van der Waals surface area contributed by atoms with E-state index in [2.05, 4.69) is 5.32 Å². The third-order valence-corrected chi connectivity index (χ3v) is 2.87. The quantitative estimate of drug-likeness (QED) is 0.781. The fourth-order valence-corrected chi connectivity index (χ4v) is 1.68. The van der Waals surface area contributed by atoms with Gasteiger partial charge in [0.1, 0.15) is 17.1 Å². The molecule has 6 nitrogen and oxygen atoms in total. The van der Waals surface area contributed by atoms with Crippen molar-refractivity contribution in [3.63, 3.8) is 0 Å². The van der Waals surface area contributed by atoms with E-state index in [0.29, 0.717) is 0 Å². The van der Waals surface area contributed by atoms with Crippen molar-refractivity contribution >= 4 is 15.9 Å². The zero-order chi connectivity index (χ0) is 13.8. The number of carbonyl (C=O) groups is 1. The number of nitrogens with one attached hydrogen (secondary N) is 1. The van der Waals surface area contributed by atoms with Crippen LogP contribution in [0.25, 0.3) is 0 Å². The molecule has 0 saturated heterocycles. The highest BCUT2D eigenvalue weighted by molar-refractivity contribution is 7.89. The van der Waals surface area contributed by atoms with Gasteiger partial charge in [0.15, 0.2) is 0 Å². The molecule has 0 bridgehead atoms. The molecule has 0 unspecified atom stereocenters. The second-order valence-corrected chi connectivity index (χ2v) is 5.17. The van der Waals surface area contributed by atoms with Gasteiger partial charge in [-0.3, -0.25) is 4.79 Å². The minimum Gasteiger partial charge on any atom is -0.496 e. The topological polar surface area (TPSA) is 98.5 Å². The summed E-state index contributed by atoms with van der Waals surface area (Å²) in [6, 6.07) is 3.93. The molecule has 3 N–H and O–H groups in total. The predicted molar refractivity (Wildman–Crippen MR) is 63.3 cm³/mol. The summed E-state index contributed by atoms with van der Waals surface area (Å²) in [7, 11) is -2.37. The molecule has 0 atom stereocenters. The second kappa shape index (κ2) is 5.78. The Morgan fingerprint density at radius 1 is 1.50 bits per heavy atom. The minimum atomic E-state index is -3.67. The van der Waals surface area contributed by atoms with Crippen LogP contribution in [0.5, 0.6) is 5.75 Å². The van der Waals surface area contributed by atoms with E-state index in [0.717, 1.165) is 6.07 Å². The maximum atomic E-state index is 13.5. The average molecular weight is 276 g/mol. The van der Waals surface area contributed by atoms with Crippen molar-refractivity contribution in [3.8, 4) is 5.75 Å². The molecule has 100 valence electrons. The largest absolute Gasteiger partial charge is 0.496 e. The molecule has 0 aliphatic heterocycles. The first-order valence-electron chi connectivity index (χ1n) is 4.96. The molecule has 8 heteroatoms. The van der Waals surface area contributed by atoms with Crippen LogP contribution in [-0.4, -0.2) is 33.7 Å². The van der Waals surface area contributed by atoms with Gasteiger partial charge in [-0.05, 0) is 12.1 Å². The van der Waals surface area contributed by atoms with E-state index in [-0.39, 0.29) is 17.9 Å². The molecule has 0 saturated carbocycles. The van der Waals surface area contributed by atoms with Crippen LogP contribution < -0.4 is 15.2 Å². The molecule has 0 fully saturated rings. The zero-order valence-electron chi connectivity index (χ0n) is 9.64. The van der Waals surface area contributed by atoms with Crippen LogP contribution in [0.3, 0.4) is 0 Å². The number of hydrogen-bond donors (Lipinski definition) is 2. The van der Waals surface area contributed by atoms with E-state index < -0.39 is 27.5 Å². The Kier molecular flexibility index (Phi) is 4.62. The molecule has 0 radical (unpaired) electrons. The standard InChI is InChI=1S/C10H13FN2O4S/c1-17-8-4-2-3-7(11)9(8)10(14)13-5-6-18(12,15)16/h2-4H,5-6H2,1H3,(H,13,14)(H2,12,15,16). The van der Waals surface area contributed by atoms with Gasteiger partial charge in [0, 0.05) is 6.54 Å². The Labute approximate surface area is 104 Å². The predicted octanol–water partition coefficient (Wildman–Crippen LogP) is -0.147. The van der Waals surface area contributed by atoms with Crippen LogP contribution in [-0.2, 0) is 10.0 Å². The number of hydrogen-bond acceptors (Lipinski definition) is 4. The molecule has 0 aliphatic rings. The van der Waals surface area contributed by atoms with Crippen LogP contribution in [0, 0.1) is 5.82 Å². The van der Waals surface area contributed by atoms with Gasteiger partial charge in [0.05, 0.1) is 12.9 Å². The van der Waals surface area contributed by atoms with Crippen molar-refractivity contribution in [2.75, 3.05) is 19.4 Å². The highest BCUT2D eigenvalue weighted by atomic mass is 32.2. The Bertz CT molecular complexity index is 545. The molecule has 0 aromatic heterocycles. The Morgan fingerprint density at radius 3 is 2.72 bits per heavy atom. The summed E-state index contributed by atoms with van der Waals surface area (Å²) in [5.74, 6) is -1.85. The van der Waals surface area contributed by atoms with Crippen LogP contribution in [0.15, 0.2) is 18.2 Å². The lowest BCUT2D eigenvalue weighted by Crippen LogP contribution is -2.32. The van der Waals surface area contributed by atoms with E-state index >= 15 is 0 Å². The number of rotatable bonds is 5. The number of halogens is 1. The van der Waals surface area contributed by atoms with Crippen molar-refractivity contribution < 1.29 is 22.3 Å². The van der Waals surface area contributed by atoms with Crippen molar-refractivity contribution in [2.24, 2.45) is 5.14 Å². The summed E-state index contributed by atoms with van der Waals surface area (Å²) in [5, 5.41) is 7.02. The summed E-state index contributed by atoms with van der Waals surface area (Å²) in [5.41, 5.74) is -0.269. The van der Waals surface area contributed by atoms with Crippen molar-refractivity contribution in [3.05, 3.63) is 29.6 Å². The fraction of sp³-hybridized carbons (Fsp3) is 0.300. The molecule has 0 aliphatic carbocycles. The van der Waals surface area contributed by atoms with Crippen molar-refractivity contribution in [2.45, 2.75) is 0 Å². The SMILES string of the molecule is COc1cccc(F)c1C(=O)NCCS(N)(=O)=O. The number of amides is 1. The number of ether oxygens (including phenoxy) is 1. The maximum absolute atomic E-state index is 13.5. The second-order valence-electron chi connectivity index (χ2n) is 3.44. The molecule has 0 heterocycles. The fourth-order valence-electron chi connectivity index (χ4n) is 1.29. The Morgan fingerprint density at radius 2 is 2.17 bits per heavy atom. The number of sulfonamides is 1. The number of nitrogens with two attached hydrogens (primary N) is 1. The summed E-state index contributed by atoms with van der Waals surface area (Å²) in [6.45, 7) is -0.199. The first kappa shape index (κ1) is 14.4. The van der Waals surface area contributed by atoms with Gasteiger partial charge in [-0.25, -0.2) is 17.9 Å². The third kappa shape index (κ3) is 3.97. The molecule has 1 amide bonds. The third-order valence-electron chi connectivity index (χ3n) is 2.09. The van der Waals surface area contributed by atoms with Crippen LogP contribution >= 0.6 is 0 Å². The molecular weight excluding hydrogens is 263 g/mol. The molecule has 1 rings (SSSR count). The monoisotopic (exact) mass is 276 g/mol. The number of primary sulfonamides is 1. The number of carbonyl (C=O) groups excluding carboxylic acids is 1. The smallest absolute Gasteiger partial charge is 0.258 e. The van der Waals surface area contributed by atoms with E-state index in [1.807, 2.05) is 0 Å². The Hall–Kier alpha value is -1.67. The van der Waals surface area contributed by atoms with Crippen molar-refractivity contribution in [1.29, 1.82) is 0 Å². The van der Waals surface area contributed by atoms with Gasteiger partial charge in [0.25, 0.3) is 5.91 Å². The zero-order valence-corrected chi connectivity index (χ0v) is 10.5. The van der Waals surface area contributed by atoms with Crippen LogP contribution in [0.2, 0.25) is 0 Å². The minimum absolute atomic E-state index is 0.0723. The van der Waals surface area contributed by atoms with Gasteiger partial charge in [-0.1, -0.05) is 6.07 Å². The molecular formula is C10H13FN2O4S. The van der Waals surface area contributed by atoms with E-state index in [4.69, 9.17) is 9.88 Å². The molecule has 0 spiro atoms. The van der Waals surface area contributed by atoms with E-state index in [1.165, 1.54) is 19.2 Å². The van der Waals surface area contributed by atoms with Gasteiger partial charge >= 0.3 is 0 Å². The van der Waals surface area contributed by atoms with E-state index in [1.54, 1.807) is 0 Å². The van der Waals surface area contributed by atoms with Gasteiger partial charge in [0.2, 0.25) is 10.0 Å². The highest BCUT2D eigenvalue weighted by Crippen LogP contribution is 2.20. The lowest BCUT2D eigenvalue weighted by molar-refractivity contribution is 0.0949. The van der Waals surface area contributed by atoms with Crippen LogP contribution in [0.1, 0.15) is 10.4 Å². The normalized spacial score (nSPS) is 11.1. The van der Waals surface area contributed by atoms with Crippen molar-refractivity contribution in [1.82, 2.24) is 5.32 Å². The lowest BCUT2D eigenvalue weighted by Gasteiger charge is -2.09. The van der Waals surface area contributed by atoms with Gasteiger partial charge in [-0.2, -0.15) is 0 Å². The average Bonchev–Trinajstić information content (AvgIpc) is 2.26. The first-order chi connectivity index (χ1) is 8.35. The molecule has 18 heavy (non-hydrogen) atoms. The Balaban J connectivity index is 2.79. The highest BCUT2D eigenvalue weighted by Gasteiger charge is 2.17. The first-order valence-corrected chi connectivity index (χ1v) is 6.68. The van der Waals surface area contributed by atoms with Gasteiger partial charge < -0.3 is 10.1 Å². The van der Waals surface area contributed by atoms with Crippen LogP contribution in [0.4, 0.5) is 4.39 Å². The summed E-state index contributed by atoms with van der Waals surface area (Å²) in [4.78, 5) is 11.7. The number of methoxy groups -OCH3 is 1.